The first-order valence-corrected chi connectivity index (χ1v) is 9.64. The summed E-state index contributed by atoms with van der Waals surface area (Å²) in [4.78, 5) is 0. The second-order valence-corrected chi connectivity index (χ2v) is 9.34. The predicted molar refractivity (Wildman–Crippen MR) is 100 cm³/mol. The van der Waals surface area contributed by atoms with Gasteiger partial charge in [-0.1, -0.05) is 40.7 Å². The Bertz CT molecular complexity index is 621. The predicted octanol–water partition coefficient (Wildman–Crippen LogP) is 5.24. The van der Waals surface area contributed by atoms with Crippen molar-refractivity contribution in [2.24, 2.45) is 0 Å². The molecule has 24 heavy (non-hydrogen) atoms. The van der Waals surface area contributed by atoms with E-state index in [0.717, 1.165) is 31.6 Å². The lowest BCUT2D eigenvalue weighted by molar-refractivity contribution is 0.148. The Labute approximate surface area is 147 Å². The van der Waals surface area contributed by atoms with Crippen LogP contribution in [0, 0.1) is 0 Å². The number of hydrogen-bond acceptors (Lipinski definition) is 2. The molecule has 2 aliphatic carbocycles. The molecule has 0 aliphatic heterocycles. The lowest BCUT2D eigenvalue weighted by Gasteiger charge is -2.43. The summed E-state index contributed by atoms with van der Waals surface area (Å²) in [6.07, 6.45) is 5.24. The lowest BCUT2D eigenvalue weighted by atomic mass is 9.62. The molecule has 1 unspecified atom stereocenters. The maximum absolute atomic E-state index is 10.4. The Balaban J connectivity index is 2.18. The first-order valence-electron chi connectivity index (χ1n) is 9.64. The van der Waals surface area contributed by atoms with Gasteiger partial charge >= 0.3 is 0 Å². The van der Waals surface area contributed by atoms with Gasteiger partial charge in [0.1, 0.15) is 5.75 Å². The van der Waals surface area contributed by atoms with Gasteiger partial charge in [-0.25, -0.2) is 0 Å². The average Bonchev–Trinajstić information content (AvgIpc) is 3.31. The van der Waals surface area contributed by atoms with Crippen molar-refractivity contribution < 1.29 is 9.84 Å². The molecule has 3 rings (SSSR count). The molecule has 1 atom stereocenters. The summed E-state index contributed by atoms with van der Waals surface area (Å²) in [5.41, 5.74) is 4.44. The standard InChI is InChI=1S/C22H34O2/c1-7-12-24-19-14-17-16(20(3,4)8-9-21(17,5)6)13-18(19)22(10-11-22)15(2)23/h13-15,23H,7-12H2,1-6H3. The number of benzene rings is 1. The Kier molecular flexibility index (Phi) is 4.27. The molecule has 0 aromatic heterocycles. The zero-order chi connectivity index (χ0) is 17.8. The van der Waals surface area contributed by atoms with Crippen molar-refractivity contribution in [3.05, 3.63) is 28.8 Å². The molecule has 0 saturated heterocycles. The molecule has 1 aromatic rings. The smallest absolute Gasteiger partial charge is 0.123 e. The van der Waals surface area contributed by atoms with E-state index in [2.05, 4.69) is 46.8 Å². The van der Waals surface area contributed by atoms with Crippen LogP contribution in [-0.4, -0.2) is 17.8 Å². The number of aliphatic hydroxyl groups excluding tert-OH is 1. The quantitative estimate of drug-likeness (QED) is 0.800. The summed E-state index contributed by atoms with van der Waals surface area (Å²) in [5.74, 6) is 1.01. The Morgan fingerprint density at radius 1 is 0.958 bits per heavy atom. The average molecular weight is 331 g/mol. The Morgan fingerprint density at radius 2 is 1.50 bits per heavy atom. The molecule has 1 aromatic carbocycles. The van der Waals surface area contributed by atoms with E-state index in [4.69, 9.17) is 4.74 Å². The number of rotatable bonds is 5. The molecular formula is C22H34O2. The third-order valence-corrected chi connectivity index (χ3v) is 6.54. The second-order valence-electron chi connectivity index (χ2n) is 9.34. The van der Waals surface area contributed by atoms with Crippen LogP contribution >= 0.6 is 0 Å². The van der Waals surface area contributed by atoms with Crippen LogP contribution in [0.3, 0.4) is 0 Å². The summed E-state index contributed by atoms with van der Waals surface area (Å²) in [5, 5.41) is 10.4. The zero-order valence-corrected chi connectivity index (χ0v) is 16.3. The van der Waals surface area contributed by atoms with Gasteiger partial charge in [-0.2, -0.15) is 0 Å². The van der Waals surface area contributed by atoms with Gasteiger partial charge < -0.3 is 9.84 Å². The van der Waals surface area contributed by atoms with E-state index < -0.39 is 0 Å². The minimum atomic E-state index is -0.320. The van der Waals surface area contributed by atoms with Crippen LogP contribution in [0.1, 0.15) is 90.3 Å². The van der Waals surface area contributed by atoms with Crippen molar-refractivity contribution in [2.45, 2.75) is 96.0 Å². The van der Waals surface area contributed by atoms with E-state index in [0.29, 0.717) is 0 Å². The van der Waals surface area contributed by atoms with Gasteiger partial charge in [-0.3, -0.25) is 0 Å². The Hall–Kier alpha value is -1.02. The van der Waals surface area contributed by atoms with Crippen molar-refractivity contribution in [2.75, 3.05) is 6.61 Å². The van der Waals surface area contributed by atoms with E-state index in [1.807, 2.05) is 6.92 Å². The van der Waals surface area contributed by atoms with Gasteiger partial charge in [-0.15, -0.1) is 0 Å². The summed E-state index contributed by atoms with van der Waals surface area (Å²) in [7, 11) is 0. The van der Waals surface area contributed by atoms with Crippen LogP contribution in [0.2, 0.25) is 0 Å². The van der Waals surface area contributed by atoms with Gasteiger partial charge in [0.25, 0.3) is 0 Å². The van der Waals surface area contributed by atoms with E-state index in [1.165, 1.54) is 29.5 Å². The van der Waals surface area contributed by atoms with Gasteiger partial charge in [-0.05, 0) is 67.1 Å². The lowest BCUT2D eigenvalue weighted by Crippen LogP contribution is -2.35. The van der Waals surface area contributed by atoms with Gasteiger partial charge in [0.15, 0.2) is 0 Å². The maximum atomic E-state index is 10.4. The minimum Gasteiger partial charge on any atom is -0.493 e. The highest BCUT2D eigenvalue weighted by atomic mass is 16.5. The molecule has 0 radical (unpaired) electrons. The third-order valence-electron chi connectivity index (χ3n) is 6.54. The van der Waals surface area contributed by atoms with Crippen LogP contribution in [0.4, 0.5) is 0 Å². The molecule has 134 valence electrons. The van der Waals surface area contributed by atoms with Crippen LogP contribution < -0.4 is 4.74 Å². The zero-order valence-electron chi connectivity index (χ0n) is 16.3. The number of hydrogen-bond donors (Lipinski definition) is 1. The molecule has 2 nitrogen and oxygen atoms in total. The fourth-order valence-corrected chi connectivity index (χ4v) is 4.36. The van der Waals surface area contributed by atoms with Crippen molar-refractivity contribution in [3.8, 4) is 5.75 Å². The molecule has 0 heterocycles. The van der Waals surface area contributed by atoms with Crippen LogP contribution in [0.15, 0.2) is 12.1 Å². The van der Waals surface area contributed by atoms with E-state index in [-0.39, 0.29) is 22.3 Å². The molecule has 0 amide bonds. The molecule has 2 aliphatic rings. The van der Waals surface area contributed by atoms with E-state index in [1.54, 1.807) is 0 Å². The fraction of sp³-hybridized carbons (Fsp3) is 0.727. The molecule has 2 heteroatoms. The van der Waals surface area contributed by atoms with Gasteiger partial charge in [0, 0.05) is 11.0 Å². The highest BCUT2D eigenvalue weighted by molar-refractivity contribution is 5.54. The Morgan fingerprint density at radius 3 is 1.96 bits per heavy atom. The first-order chi connectivity index (χ1) is 11.1. The van der Waals surface area contributed by atoms with Crippen molar-refractivity contribution in [3.63, 3.8) is 0 Å². The monoisotopic (exact) mass is 330 g/mol. The summed E-state index contributed by atoms with van der Waals surface area (Å²) in [6, 6.07) is 4.70. The van der Waals surface area contributed by atoms with Crippen molar-refractivity contribution in [1.82, 2.24) is 0 Å². The maximum Gasteiger partial charge on any atom is 0.123 e. The van der Waals surface area contributed by atoms with Crippen LogP contribution in [0.5, 0.6) is 5.75 Å². The largest absolute Gasteiger partial charge is 0.493 e. The summed E-state index contributed by atoms with van der Waals surface area (Å²) < 4.78 is 6.18. The normalized spacial score (nSPS) is 24.1. The SMILES string of the molecule is CCCOc1cc2c(cc1C1(C(C)O)CC1)C(C)(C)CCC2(C)C. The molecular weight excluding hydrogens is 296 g/mol. The third kappa shape index (κ3) is 2.77. The number of aliphatic hydroxyl groups is 1. The molecule has 0 bridgehead atoms. The van der Waals surface area contributed by atoms with Crippen molar-refractivity contribution >= 4 is 0 Å². The van der Waals surface area contributed by atoms with Gasteiger partial charge in [0.2, 0.25) is 0 Å². The van der Waals surface area contributed by atoms with Gasteiger partial charge in [0.05, 0.1) is 12.7 Å². The van der Waals surface area contributed by atoms with Crippen LogP contribution in [0.25, 0.3) is 0 Å². The summed E-state index contributed by atoms with van der Waals surface area (Å²) >= 11 is 0. The molecule has 1 N–H and O–H groups in total. The summed E-state index contributed by atoms with van der Waals surface area (Å²) in [6.45, 7) is 14.2. The minimum absolute atomic E-state index is 0.0875. The number of ether oxygens (including phenoxy) is 1. The van der Waals surface area contributed by atoms with Crippen molar-refractivity contribution in [1.29, 1.82) is 0 Å². The number of fused-ring (bicyclic) bond motifs is 1. The highest BCUT2D eigenvalue weighted by Gasteiger charge is 2.51. The van der Waals surface area contributed by atoms with E-state index >= 15 is 0 Å². The fourth-order valence-electron chi connectivity index (χ4n) is 4.36. The molecule has 1 fully saturated rings. The van der Waals surface area contributed by atoms with E-state index in [9.17, 15) is 5.11 Å². The second kappa shape index (κ2) is 5.76. The molecule has 0 spiro atoms. The topological polar surface area (TPSA) is 29.5 Å². The molecule has 1 saturated carbocycles. The first kappa shape index (κ1) is 17.8. The van der Waals surface area contributed by atoms with Crippen LogP contribution in [-0.2, 0) is 16.2 Å². The highest BCUT2D eigenvalue weighted by Crippen LogP contribution is 2.57.